The summed E-state index contributed by atoms with van der Waals surface area (Å²) in [5.74, 6) is 0.737. The number of aliphatic hydroxyl groups is 1. The number of carbonyl (C=O) groups excluding carboxylic acids is 1. The van der Waals surface area contributed by atoms with Crippen molar-refractivity contribution in [3.8, 4) is 22.6 Å². The lowest BCUT2D eigenvalue weighted by Crippen LogP contribution is -2.47. The molecular weight excluding hydrogens is 831 g/mol. The number of nitrogens with zero attached hydrogens (tertiary/aromatic N) is 1. The number of benzene rings is 6. The van der Waals surface area contributed by atoms with E-state index in [2.05, 4.69) is 17.0 Å². The van der Waals surface area contributed by atoms with Gasteiger partial charge >= 0.3 is 0 Å². The number of aromatic nitrogens is 1. The molecule has 6 aromatic carbocycles. The van der Waals surface area contributed by atoms with E-state index in [4.69, 9.17) is 18.9 Å². The number of oxazole rings is 1. The van der Waals surface area contributed by atoms with Crippen LogP contribution in [0.4, 0.5) is 0 Å². The van der Waals surface area contributed by atoms with E-state index in [1.165, 1.54) is 23.9 Å². The molecule has 3 N–H and O–H groups in total. The van der Waals surface area contributed by atoms with Gasteiger partial charge in [-0.15, -0.1) is 0 Å². The highest BCUT2D eigenvalue weighted by atomic mass is 32.2. The summed E-state index contributed by atoms with van der Waals surface area (Å²) in [5, 5.41) is 13.2. The van der Waals surface area contributed by atoms with E-state index < -0.39 is 28.3 Å². The topological polar surface area (TPSA) is 140 Å². The fraction of sp³-hybridized carbons (Fsp3) is 0.216. The molecular formula is C51H49N3O7S2. The minimum absolute atomic E-state index is 0.0536. The van der Waals surface area contributed by atoms with Gasteiger partial charge in [0.2, 0.25) is 15.9 Å². The van der Waals surface area contributed by atoms with Gasteiger partial charge in [-0.05, 0) is 47.7 Å². The SMILES string of the molecule is Cc1ccc(S(=O)(=O)N[C@H](Cc2ccccc2)C(=O)NCc2ccc(C3O[C@H](CSc4nc(-c5ccccc5)c(-c5ccccc5)o4)[C@H](C)[C@H](c4ccc(CO)cc4)O3)cc2)cc1. The van der Waals surface area contributed by atoms with E-state index in [9.17, 15) is 18.3 Å². The Morgan fingerprint density at radius 3 is 1.98 bits per heavy atom. The molecule has 2 heterocycles. The largest absolute Gasteiger partial charge is 0.431 e. The summed E-state index contributed by atoms with van der Waals surface area (Å²) in [5.41, 5.74) is 7.83. The minimum atomic E-state index is -3.98. The molecule has 1 amide bonds. The second-order valence-electron chi connectivity index (χ2n) is 15.7. The van der Waals surface area contributed by atoms with Crippen molar-refractivity contribution in [3.63, 3.8) is 0 Å². The first-order valence-electron chi connectivity index (χ1n) is 20.9. The van der Waals surface area contributed by atoms with Gasteiger partial charge in [0.1, 0.15) is 11.7 Å². The summed E-state index contributed by atoms with van der Waals surface area (Å²) in [6.07, 6.45) is -1.13. The zero-order valence-electron chi connectivity index (χ0n) is 35.0. The Balaban J connectivity index is 0.985. The maximum Gasteiger partial charge on any atom is 0.256 e. The molecule has 1 unspecified atom stereocenters. The molecule has 5 atom stereocenters. The van der Waals surface area contributed by atoms with Gasteiger partial charge in [0.05, 0.1) is 23.7 Å². The number of carbonyl (C=O) groups is 1. The van der Waals surface area contributed by atoms with E-state index in [1.807, 2.05) is 146 Å². The Morgan fingerprint density at radius 2 is 1.33 bits per heavy atom. The van der Waals surface area contributed by atoms with Gasteiger partial charge in [-0.3, -0.25) is 4.79 Å². The van der Waals surface area contributed by atoms with E-state index in [1.54, 1.807) is 12.1 Å². The molecule has 0 saturated carbocycles. The van der Waals surface area contributed by atoms with Crippen LogP contribution in [-0.2, 0) is 43.9 Å². The first kappa shape index (κ1) is 43.8. The Hall–Kier alpha value is -5.86. The number of sulfonamides is 1. The third kappa shape index (κ3) is 10.9. The Labute approximate surface area is 372 Å². The summed E-state index contributed by atoms with van der Waals surface area (Å²) >= 11 is 1.50. The van der Waals surface area contributed by atoms with Crippen molar-refractivity contribution in [2.24, 2.45) is 5.92 Å². The number of thioether (sulfide) groups is 1. The lowest BCUT2D eigenvalue weighted by atomic mass is 9.91. The van der Waals surface area contributed by atoms with Crippen LogP contribution < -0.4 is 10.0 Å². The zero-order valence-corrected chi connectivity index (χ0v) is 36.6. The van der Waals surface area contributed by atoms with Crippen LogP contribution in [0.3, 0.4) is 0 Å². The number of hydrogen-bond acceptors (Lipinski definition) is 9. The number of ether oxygens (including phenoxy) is 2. The van der Waals surface area contributed by atoms with Gasteiger partial charge < -0.3 is 24.3 Å². The van der Waals surface area contributed by atoms with Crippen molar-refractivity contribution >= 4 is 27.7 Å². The van der Waals surface area contributed by atoms with Crippen LogP contribution in [0, 0.1) is 12.8 Å². The highest BCUT2D eigenvalue weighted by Gasteiger charge is 2.39. The molecule has 63 heavy (non-hydrogen) atoms. The predicted octanol–water partition coefficient (Wildman–Crippen LogP) is 9.60. The van der Waals surface area contributed by atoms with Crippen LogP contribution in [0.25, 0.3) is 22.6 Å². The van der Waals surface area contributed by atoms with Crippen LogP contribution in [0.5, 0.6) is 0 Å². The third-order valence-corrected chi connectivity index (χ3v) is 13.5. The molecule has 322 valence electrons. The van der Waals surface area contributed by atoms with Crippen LogP contribution in [0.2, 0.25) is 0 Å². The van der Waals surface area contributed by atoms with Gasteiger partial charge in [0.15, 0.2) is 12.1 Å². The van der Waals surface area contributed by atoms with E-state index in [-0.39, 0.29) is 42.6 Å². The second-order valence-corrected chi connectivity index (χ2v) is 18.3. The van der Waals surface area contributed by atoms with Crippen molar-refractivity contribution in [1.29, 1.82) is 0 Å². The maximum absolute atomic E-state index is 13.7. The fourth-order valence-electron chi connectivity index (χ4n) is 7.52. The maximum atomic E-state index is 13.7. The average molecular weight is 880 g/mol. The number of rotatable bonds is 16. The molecule has 12 heteroatoms. The van der Waals surface area contributed by atoms with E-state index in [0.29, 0.717) is 16.7 Å². The Bertz CT molecular complexity index is 2620. The van der Waals surface area contributed by atoms with Crippen molar-refractivity contribution in [1.82, 2.24) is 15.0 Å². The Morgan fingerprint density at radius 1 is 0.730 bits per heavy atom. The van der Waals surface area contributed by atoms with Crippen molar-refractivity contribution < 1.29 is 32.2 Å². The van der Waals surface area contributed by atoms with Crippen molar-refractivity contribution in [2.45, 2.75) is 68.1 Å². The molecule has 10 nitrogen and oxygen atoms in total. The van der Waals surface area contributed by atoms with Gasteiger partial charge in [-0.2, -0.15) is 4.72 Å². The number of aliphatic hydroxyl groups excluding tert-OH is 1. The Kier molecular flexibility index (Phi) is 14.0. The van der Waals surface area contributed by atoms with E-state index in [0.717, 1.165) is 50.2 Å². The highest BCUT2D eigenvalue weighted by molar-refractivity contribution is 7.99. The van der Waals surface area contributed by atoms with E-state index >= 15 is 0 Å². The highest BCUT2D eigenvalue weighted by Crippen LogP contribution is 2.44. The smallest absolute Gasteiger partial charge is 0.256 e. The zero-order chi connectivity index (χ0) is 43.8. The van der Waals surface area contributed by atoms with Crippen molar-refractivity contribution in [3.05, 3.63) is 197 Å². The average Bonchev–Trinajstić information content (AvgIpc) is 3.76. The molecule has 1 aliphatic rings. The lowest BCUT2D eigenvalue weighted by Gasteiger charge is -2.41. The lowest BCUT2D eigenvalue weighted by molar-refractivity contribution is -0.268. The molecule has 7 aromatic rings. The minimum Gasteiger partial charge on any atom is -0.431 e. The summed E-state index contributed by atoms with van der Waals surface area (Å²) in [7, 11) is -3.98. The molecule has 1 aromatic heterocycles. The number of amides is 1. The van der Waals surface area contributed by atoms with Gasteiger partial charge in [-0.1, -0.05) is 176 Å². The summed E-state index contributed by atoms with van der Waals surface area (Å²) < 4.78 is 49.3. The van der Waals surface area contributed by atoms with Crippen LogP contribution in [0.1, 0.15) is 52.7 Å². The van der Waals surface area contributed by atoms with Crippen LogP contribution >= 0.6 is 11.8 Å². The standard InChI is InChI=1S/C51H49N3O7S2/c1-34-18-28-43(29-19-34)63(57,58)54-44(30-36-12-6-3-7-13-36)49(56)52-31-37-20-26-42(27-21-37)50-59-45(35(2)47(60-50)41-24-22-38(32-55)23-25-41)33-62-51-53-46(39-14-8-4-9-15-39)48(61-51)40-16-10-5-11-17-40/h3-29,35,44-45,47,50,54-55H,30-33H2,1-2H3,(H,52,56)/t35-,44+,45+,47+,50?/m0/s1. The molecule has 1 aliphatic heterocycles. The number of aryl methyl sites for hydroxylation is 1. The molecule has 0 aliphatic carbocycles. The summed E-state index contributed by atoms with van der Waals surface area (Å²) in [6.45, 7) is 4.12. The summed E-state index contributed by atoms with van der Waals surface area (Å²) in [6, 6.07) is 50.2. The third-order valence-electron chi connectivity index (χ3n) is 11.1. The fourth-order valence-corrected chi connectivity index (χ4v) is 9.70. The quantitative estimate of drug-likeness (QED) is 0.0810. The number of hydrogen-bond donors (Lipinski definition) is 3. The normalized spacial score (nSPS) is 18.1. The number of nitrogens with one attached hydrogen (secondary N) is 2. The van der Waals surface area contributed by atoms with Crippen LogP contribution in [-0.4, -0.2) is 42.3 Å². The monoisotopic (exact) mass is 879 g/mol. The molecule has 0 spiro atoms. The first-order valence-corrected chi connectivity index (χ1v) is 23.3. The van der Waals surface area contributed by atoms with Gasteiger partial charge in [-0.25, -0.2) is 13.4 Å². The van der Waals surface area contributed by atoms with Crippen molar-refractivity contribution in [2.75, 3.05) is 5.75 Å². The second kappa shape index (κ2) is 20.1. The first-order chi connectivity index (χ1) is 30.6. The van der Waals surface area contributed by atoms with Crippen LogP contribution in [0.15, 0.2) is 178 Å². The molecule has 0 bridgehead atoms. The molecule has 1 saturated heterocycles. The predicted molar refractivity (Wildman–Crippen MR) is 245 cm³/mol. The molecule has 8 rings (SSSR count). The molecule has 1 fully saturated rings. The molecule has 0 radical (unpaired) electrons. The van der Waals surface area contributed by atoms with Gasteiger partial charge in [0, 0.05) is 34.9 Å². The van der Waals surface area contributed by atoms with Gasteiger partial charge in [0.25, 0.3) is 5.22 Å². The summed E-state index contributed by atoms with van der Waals surface area (Å²) in [4.78, 5) is 18.8.